The van der Waals surface area contributed by atoms with Crippen LogP contribution in [-0.2, 0) is 14.8 Å². The van der Waals surface area contributed by atoms with Crippen LogP contribution < -0.4 is 5.32 Å². The molecule has 1 aliphatic heterocycles. The molecule has 0 saturated carbocycles. The van der Waals surface area contributed by atoms with E-state index in [1.165, 1.54) is 15.6 Å². The fourth-order valence-electron chi connectivity index (χ4n) is 3.09. The fraction of sp³-hybridized carbons (Fsp3) is 0.278. The minimum atomic E-state index is -3.57. The summed E-state index contributed by atoms with van der Waals surface area (Å²) in [5.74, 6) is -0.494. The minimum Gasteiger partial charge on any atom is -0.403 e. The van der Waals surface area contributed by atoms with Crippen LogP contribution in [0.15, 0.2) is 56.5 Å². The molecule has 1 unspecified atom stereocenters. The lowest BCUT2D eigenvalue weighted by atomic mass is 9.99. The third kappa shape index (κ3) is 3.84. The third-order valence-electron chi connectivity index (χ3n) is 4.52. The van der Waals surface area contributed by atoms with Gasteiger partial charge < -0.3 is 4.42 Å². The Bertz CT molecular complexity index is 1050. The maximum absolute atomic E-state index is 12.7. The van der Waals surface area contributed by atoms with Gasteiger partial charge in [0.2, 0.25) is 11.8 Å². The number of thiophene rings is 1. The summed E-state index contributed by atoms with van der Waals surface area (Å²) in [6, 6.07) is 12.5. The van der Waals surface area contributed by atoms with E-state index in [4.69, 9.17) is 4.42 Å². The van der Waals surface area contributed by atoms with Gasteiger partial charge in [0.05, 0.1) is 5.92 Å². The van der Waals surface area contributed by atoms with Gasteiger partial charge in [0.15, 0.2) is 0 Å². The van der Waals surface area contributed by atoms with E-state index in [0.717, 1.165) is 5.56 Å². The monoisotopic (exact) mass is 418 g/mol. The smallest absolute Gasteiger partial charge is 0.322 e. The first-order chi connectivity index (χ1) is 13.5. The lowest BCUT2D eigenvalue weighted by Crippen LogP contribution is -2.43. The van der Waals surface area contributed by atoms with Crippen LogP contribution >= 0.6 is 11.3 Å². The highest BCUT2D eigenvalue weighted by Gasteiger charge is 2.34. The van der Waals surface area contributed by atoms with Crippen LogP contribution in [0, 0.1) is 5.92 Å². The average molecular weight is 419 g/mol. The highest BCUT2D eigenvalue weighted by Crippen LogP contribution is 2.27. The number of rotatable bonds is 5. The number of carbonyl (C=O) groups excluding carboxylic acids is 1. The van der Waals surface area contributed by atoms with Gasteiger partial charge in [-0.15, -0.1) is 16.4 Å². The molecular weight excluding hydrogens is 400 g/mol. The van der Waals surface area contributed by atoms with E-state index < -0.39 is 15.9 Å². The van der Waals surface area contributed by atoms with E-state index in [2.05, 4.69) is 15.5 Å². The average Bonchev–Trinajstić information content (AvgIpc) is 3.41. The molecule has 0 spiro atoms. The number of piperidine rings is 1. The van der Waals surface area contributed by atoms with Crippen molar-refractivity contribution in [3.63, 3.8) is 0 Å². The Morgan fingerprint density at radius 1 is 1.18 bits per heavy atom. The molecular formula is C18H18N4O4S2. The van der Waals surface area contributed by atoms with Crippen molar-refractivity contribution in [3.8, 4) is 11.5 Å². The van der Waals surface area contributed by atoms with Crippen molar-refractivity contribution in [1.82, 2.24) is 14.5 Å². The molecule has 1 atom stereocenters. The molecule has 2 aromatic heterocycles. The van der Waals surface area contributed by atoms with Crippen LogP contribution in [0.25, 0.3) is 11.5 Å². The van der Waals surface area contributed by atoms with Gasteiger partial charge in [-0.05, 0) is 36.4 Å². The van der Waals surface area contributed by atoms with Crippen molar-refractivity contribution in [3.05, 3.63) is 47.8 Å². The number of carbonyl (C=O) groups is 1. The van der Waals surface area contributed by atoms with E-state index in [1.807, 2.05) is 30.3 Å². The van der Waals surface area contributed by atoms with E-state index in [0.29, 0.717) is 25.3 Å². The molecule has 4 rings (SSSR count). The summed E-state index contributed by atoms with van der Waals surface area (Å²) in [7, 11) is -3.57. The Morgan fingerprint density at radius 2 is 2.00 bits per heavy atom. The van der Waals surface area contributed by atoms with Crippen molar-refractivity contribution < 1.29 is 17.6 Å². The molecule has 28 heavy (non-hydrogen) atoms. The molecule has 3 aromatic rings. The summed E-state index contributed by atoms with van der Waals surface area (Å²) in [4.78, 5) is 12.6. The molecule has 10 heteroatoms. The Morgan fingerprint density at radius 3 is 2.75 bits per heavy atom. The molecule has 146 valence electrons. The first-order valence-electron chi connectivity index (χ1n) is 8.77. The van der Waals surface area contributed by atoms with Crippen LogP contribution in [0.4, 0.5) is 6.01 Å². The standard InChI is InChI=1S/C18H18N4O4S2/c23-16(19-18-21-20-17(26-18)13-6-2-1-3-7-13)14-8-4-10-22(12-14)28(24,25)15-9-5-11-27-15/h1-3,5-7,9,11,14H,4,8,10,12H2,(H,19,21,23). The van der Waals surface area contributed by atoms with Crippen LogP contribution in [0.5, 0.6) is 0 Å². The maximum atomic E-state index is 12.7. The highest BCUT2D eigenvalue weighted by molar-refractivity contribution is 7.91. The zero-order valence-electron chi connectivity index (χ0n) is 14.8. The summed E-state index contributed by atoms with van der Waals surface area (Å²) < 4.78 is 32.6. The van der Waals surface area contributed by atoms with E-state index in [-0.39, 0.29) is 22.7 Å². The zero-order valence-corrected chi connectivity index (χ0v) is 16.4. The van der Waals surface area contributed by atoms with Gasteiger partial charge in [0, 0.05) is 18.7 Å². The highest BCUT2D eigenvalue weighted by atomic mass is 32.2. The van der Waals surface area contributed by atoms with E-state index >= 15 is 0 Å². The normalized spacial score (nSPS) is 18.1. The number of hydrogen-bond donors (Lipinski definition) is 1. The number of aromatic nitrogens is 2. The zero-order chi connectivity index (χ0) is 19.6. The quantitative estimate of drug-likeness (QED) is 0.683. The predicted molar refractivity (Wildman–Crippen MR) is 104 cm³/mol. The van der Waals surface area contributed by atoms with Crippen LogP contribution in [0.3, 0.4) is 0 Å². The number of nitrogens with one attached hydrogen (secondary N) is 1. The maximum Gasteiger partial charge on any atom is 0.322 e. The predicted octanol–water partition coefficient (Wildman–Crippen LogP) is 2.84. The second kappa shape index (κ2) is 7.82. The van der Waals surface area contributed by atoms with Gasteiger partial charge in [-0.3, -0.25) is 10.1 Å². The first kappa shape index (κ1) is 18.8. The molecule has 1 N–H and O–H groups in total. The summed E-state index contributed by atoms with van der Waals surface area (Å²) in [6.07, 6.45) is 1.21. The molecule has 0 radical (unpaired) electrons. The first-order valence-corrected chi connectivity index (χ1v) is 11.1. The molecule has 0 bridgehead atoms. The Hall–Kier alpha value is -2.56. The molecule has 1 saturated heterocycles. The Labute approximate surface area is 166 Å². The van der Waals surface area contributed by atoms with Gasteiger partial charge in [-0.2, -0.15) is 4.31 Å². The van der Waals surface area contributed by atoms with Crippen LogP contribution in [0.1, 0.15) is 12.8 Å². The number of sulfonamides is 1. The van der Waals surface area contributed by atoms with Gasteiger partial charge >= 0.3 is 6.01 Å². The number of hydrogen-bond acceptors (Lipinski definition) is 7. The molecule has 8 nitrogen and oxygen atoms in total. The van der Waals surface area contributed by atoms with Crippen molar-refractivity contribution in [2.45, 2.75) is 17.1 Å². The topological polar surface area (TPSA) is 105 Å². The second-order valence-corrected chi connectivity index (χ2v) is 9.51. The molecule has 1 amide bonds. The lowest BCUT2D eigenvalue weighted by molar-refractivity contribution is -0.121. The van der Waals surface area contributed by atoms with E-state index in [1.54, 1.807) is 17.5 Å². The van der Waals surface area contributed by atoms with Gasteiger partial charge in [-0.25, -0.2) is 8.42 Å². The second-order valence-electron chi connectivity index (χ2n) is 6.40. The number of nitrogens with zero attached hydrogens (tertiary/aromatic N) is 3. The van der Waals surface area contributed by atoms with Crippen LogP contribution in [0.2, 0.25) is 0 Å². The largest absolute Gasteiger partial charge is 0.403 e. The summed E-state index contributed by atoms with van der Waals surface area (Å²) in [5, 5.41) is 12.1. The summed E-state index contributed by atoms with van der Waals surface area (Å²) in [6.45, 7) is 0.536. The molecule has 1 aliphatic rings. The molecule has 0 aliphatic carbocycles. The van der Waals surface area contributed by atoms with Crippen molar-refractivity contribution in [2.24, 2.45) is 5.92 Å². The molecule has 1 aromatic carbocycles. The third-order valence-corrected chi connectivity index (χ3v) is 7.76. The van der Waals surface area contributed by atoms with E-state index in [9.17, 15) is 13.2 Å². The summed E-state index contributed by atoms with van der Waals surface area (Å²) in [5.41, 5.74) is 0.751. The van der Waals surface area contributed by atoms with Crippen LogP contribution in [-0.4, -0.2) is 41.9 Å². The van der Waals surface area contributed by atoms with Gasteiger partial charge in [-0.1, -0.05) is 29.4 Å². The number of anilines is 1. The van der Waals surface area contributed by atoms with Crippen molar-refractivity contribution in [2.75, 3.05) is 18.4 Å². The lowest BCUT2D eigenvalue weighted by Gasteiger charge is -2.30. The van der Waals surface area contributed by atoms with Crippen molar-refractivity contribution >= 4 is 33.3 Å². The molecule has 3 heterocycles. The number of benzene rings is 1. The fourth-order valence-corrected chi connectivity index (χ4v) is 5.76. The molecule has 1 fully saturated rings. The number of amides is 1. The van der Waals surface area contributed by atoms with Crippen molar-refractivity contribution in [1.29, 1.82) is 0 Å². The minimum absolute atomic E-state index is 0.00194. The van der Waals surface area contributed by atoms with Gasteiger partial charge in [0.25, 0.3) is 10.0 Å². The summed E-state index contributed by atoms with van der Waals surface area (Å²) >= 11 is 1.17. The Balaban J connectivity index is 1.43. The Kier molecular flexibility index (Phi) is 5.25. The van der Waals surface area contributed by atoms with Gasteiger partial charge in [0.1, 0.15) is 4.21 Å². The SMILES string of the molecule is O=C(Nc1nnc(-c2ccccc2)o1)C1CCCN(S(=O)(=O)c2cccs2)C1.